The van der Waals surface area contributed by atoms with E-state index in [0.29, 0.717) is 18.5 Å². The molecule has 0 amide bonds. The number of halogens is 1. The molecular weight excluding hydrogens is 216 g/mol. The molecule has 0 saturated heterocycles. The van der Waals surface area contributed by atoms with Crippen molar-refractivity contribution < 1.29 is 9.90 Å². The molecule has 15 heavy (non-hydrogen) atoms. The van der Waals surface area contributed by atoms with Crippen molar-refractivity contribution in [2.75, 3.05) is 6.54 Å². The summed E-state index contributed by atoms with van der Waals surface area (Å²) in [5.74, 6) is -1.09. The summed E-state index contributed by atoms with van der Waals surface area (Å²) in [7, 11) is 0. The number of nitrogens with two attached hydrogens (primary N) is 1. The third-order valence-electron chi connectivity index (χ3n) is 1.73. The number of carbonyl (C=O) groups is 1. The number of pyridine rings is 1. The van der Waals surface area contributed by atoms with Gasteiger partial charge in [0.2, 0.25) is 0 Å². The van der Waals surface area contributed by atoms with Gasteiger partial charge in [-0.3, -0.25) is 0 Å². The van der Waals surface area contributed by atoms with Crippen molar-refractivity contribution in [1.82, 2.24) is 4.98 Å². The summed E-state index contributed by atoms with van der Waals surface area (Å²) < 4.78 is 0. The molecule has 1 rings (SSSR count). The molecule has 1 aromatic heterocycles. The Kier molecular flexibility index (Phi) is 4.27. The predicted octanol–water partition coefficient (Wildman–Crippen LogP) is 1.80. The van der Waals surface area contributed by atoms with E-state index in [4.69, 9.17) is 22.4 Å². The minimum Gasteiger partial charge on any atom is -0.476 e. The first kappa shape index (κ1) is 11.7. The van der Waals surface area contributed by atoms with Gasteiger partial charge >= 0.3 is 5.97 Å². The van der Waals surface area contributed by atoms with Crippen LogP contribution in [0.4, 0.5) is 0 Å². The van der Waals surface area contributed by atoms with E-state index >= 15 is 0 Å². The topological polar surface area (TPSA) is 76.2 Å². The van der Waals surface area contributed by atoms with Crippen LogP contribution in [0, 0.1) is 0 Å². The largest absolute Gasteiger partial charge is 0.476 e. The lowest BCUT2D eigenvalue weighted by atomic mass is 10.1. The second-order valence-corrected chi connectivity index (χ2v) is 3.24. The van der Waals surface area contributed by atoms with Crippen LogP contribution < -0.4 is 5.73 Å². The molecule has 0 radical (unpaired) electrons. The lowest BCUT2D eigenvalue weighted by Gasteiger charge is -2.00. The molecule has 1 aromatic rings. The molecule has 0 aliphatic rings. The number of aromatic carboxylic acids is 1. The summed E-state index contributed by atoms with van der Waals surface area (Å²) >= 11 is 5.60. The Bertz CT molecular complexity index is 391. The van der Waals surface area contributed by atoms with Crippen molar-refractivity contribution in [3.8, 4) is 0 Å². The Morgan fingerprint density at radius 2 is 2.33 bits per heavy atom. The second-order valence-electron chi connectivity index (χ2n) is 2.86. The molecule has 0 aliphatic heterocycles. The fourth-order valence-electron chi connectivity index (χ4n) is 1.06. The van der Waals surface area contributed by atoms with Gasteiger partial charge in [-0.1, -0.05) is 23.8 Å². The number of hydrogen-bond acceptors (Lipinski definition) is 3. The van der Waals surface area contributed by atoms with Crippen LogP contribution in [-0.4, -0.2) is 22.6 Å². The van der Waals surface area contributed by atoms with E-state index in [1.807, 2.05) is 0 Å². The average molecular weight is 227 g/mol. The van der Waals surface area contributed by atoms with Crippen LogP contribution in [0.2, 0.25) is 5.15 Å². The smallest absolute Gasteiger partial charge is 0.355 e. The standard InChI is InChI=1S/C10H11ClN2O2/c11-8-5-4-7(3-1-2-6-12)9(13-8)10(14)15/h1,3-5H,2,6,12H2,(H,14,15). The van der Waals surface area contributed by atoms with Crippen LogP contribution in [0.15, 0.2) is 18.2 Å². The Morgan fingerprint density at radius 1 is 1.60 bits per heavy atom. The molecule has 4 nitrogen and oxygen atoms in total. The SMILES string of the molecule is NCCC=Cc1ccc(Cl)nc1C(=O)O. The molecule has 0 bridgehead atoms. The first-order valence-corrected chi connectivity index (χ1v) is 4.79. The Hall–Kier alpha value is -1.39. The van der Waals surface area contributed by atoms with Crippen LogP contribution in [0.5, 0.6) is 0 Å². The van der Waals surface area contributed by atoms with Crippen molar-refractivity contribution in [2.45, 2.75) is 6.42 Å². The highest BCUT2D eigenvalue weighted by Crippen LogP contribution is 2.13. The first-order chi connectivity index (χ1) is 7.15. The molecular formula is C10H11ClN2O2. The van der Waals surface area contributed by atoms with Gasteiger partial charge in [-0.05, 0) is 25.1 Å². The zero-order valence-electron chi connectivity index (χ0n) is 7.98. The summed E-state index contributed by atoms with van der Waals surface area (Å²) in [5.41, 5.74) is 5.79. The van der Waals surface area contributed by atoms with Crippen molar-refractivity contribution in [3.05, 3.63) is 34.6 Å². The molecule has 0 atom stereocenters. The zero-order chi connectivity index (χ0) is 11.3. The van der Waals surface area contributed by atoms with Gasteiger partial charge in [0.25, 0.3) is 0 Å². The highest BCUT2D eigenvalue weighted by atomic mass is 35.5. The van der Waals surface area contributed by atoms with Crippen molar-refractivity contribution in [3.63, 3.8) is 0 Å². The van der Waals surface area contributed by atoms with E-state index < -0.39 is 5.97 Å². The third-order valence-corrected chi connectivity index (χ3v) is 1.94. The Morgan fingerprint density at radius 3 is 2.93 bits per heavy atom. The maximum atomic E-state index is 10.8. The second kappa shape index (κ2) is 5.48. The summed E-state index contributed by atoms with van der Waals surface area (Å²) in [4.78, 5) is 14.6. The van der Waals surface area contributed by atoms with E-state index in [-0.39, 0.29) is 10.8 Å². The molecule has 1 heterocycles. The lowest BCUT2D eigenvalue weighted by Crippen LogP contribution is -2.03. The summed E-state index contributed by atoms with van der Waals surface area (Å²) in [6.45, 7) is 0.528. The van der Waals surface area contributed by atoms with Gasteiger partial charge in [-0.25, -0.2) is 9.78 Å². The zero-order valence-corrected chi connectivity index (χ0v) is 8.74. The van der Waals surface area contributed by atoms with Gasteiger partial charge < -0.3 is 10.8 Å². The molecule has 5 heteroatoms. The molecule has 0 aliphatic carbocycles. The number of nitrogens with zero attached hydrogens (tertiary/aromatic N) is 1. The van der Waals surface area contributed by atoms with Crippen LogP contribution in [0.25, 0.3) is 6.08 Å². The number of aromatic nitrogens is 1. The molecule has 80 valence electrons. The number of carboxylic acids is 1. The van der Waals surface area contributed by atoms with Gasteiger partial charge in [-0.15, -0.1) is 0 Å². The van der Waals surface area contributed by atoms with Gasteiger partial charge in [-0.2, -0.15) is 0 Å². The Labute approximate surface area is 92.4 Å². The van der Waals surface area contributed by atoms with Crippen molar-refractivity contribution >= 4 is 23.6 Å². The predicted molar refractivity (Wildman–Crippen MR) is 58.9 cm³/mol. The summed E-state index contributed by atoms with van der Waals surface area (Å²) in [6.07, 6.45) is 4.18. The summed E-state index contributed by atoms with van der Waals surface area (Å²) in [5, 5.41) is 9.04. The van der Waals surface area contributed by atoms with E-state index in [0.717, 1.165) is 0 Å². The first-order valence-electron chi connectivity index (χ1n) is 4.41. The minimum atomic E-state index is -1.09. The number of rotatable bonds is 4. The van der Waals surface area contributed by atoms with Crippen LogP contribution in [0.3, 0.4) is 0 Å². The van der Waals surface area contributed by atoms with E-state index in [1.165, 1.54) is 0 Å². The lowest BCUT2D eigenvalue weighted by molar-refractivity contribution is 0.0690. The maximum Gasteiger partial charge on any atom is 0.355 e. The normalized spacial score (nSPS) is 10.8. The molecule has 0 aromatic carbocycles. The highest BCUT2D eigenvalue weighted by Gasteiger charge is 2.09. The van der Waals surface area contributed by atoms with E-state index in [9.17, 15) is 4.79 Å². The number of carboxylic acid groups (broad SMARTS) is 1. The third kappa shape index (κ3) is 3.34. The summed E-state index contributed by atoms with van der Waals surface area (Å²) in [6, 6.07) is 3.17. The molecule has 0 spiro atoms. The van der Waals surface area contributed by atoms with Gasteiger partial charge in [0, 0.05) is 5.56 Å². The highest BCUT2D eigenvalue weighted by molar-refractivity contribution is 6.29. The van der Waals surface area contributed by atoms with E-state index in [1.54, 1.807) is 24.3 Å². The average Bonchev–Trinajstić information content (AvgIpc) is 2.20. The van der Waals surface area contributed by atoms with Crippen LogP contribution >= 0.6 is 11.6 Å². The minimum absolute atomic E-state index is 0.0456. The van der Waals surface area contributed by atoms with Crippen molar-refractivity contribution in [1.29, 1.82) is 0 Å². The molecule has 0 unspecified atom stereocenters. The quantitative estimate of drug-likeness (QED) is 0.768. The number of hydrogen-bond donors (Lipinski definition) is 2. The fraction of sp³-hybridized carbons (Fsp3) is 0.200. The molecule has 0 fully saturated rings. The van der Waals surface area contributed by atoms with Crippen molar-refractivity contribution in [2.24, 2.45) is 5.73 Å². The monoisotopic (exact) mass is 226 g/mol. The van der Waals surface area contributed by atoms with Crippen LogP contribution in [-0.2, 0) is 0 Å². The van der Waals surface area contributed by atoms with Gasteiger partial charge in [0.05, 0.1) is 0 Å². The molecule has 3 N–H and O–H groups in total. The Balaban J connectivity index is 3.01. The molecule has 0 saturated carbocycles. The van der Waals surface area contributed by atoms with Gasteiger partial charge in [0.1, 0.15) is 5.15 Å². The van der Waals surface area contributed by atoms with Crippen LogP contribution in [0.1, 0.15) is 22.5 Å². The van der Waals surface area contributed by atoms with Gasteiger partial charge in [0.15, 0.2) is 5.69 Å². The van der Waals surface area contributed by atoms with E-state index in [2.05, 4.69) is 4.98 Å². The fourth-order valence-corrected chi connectivity index (χ4v) is 1.21. The maximum absolute atomic E-state index is 10.8.